The molecule has 0 saturated carbocycles. The first-order valence-electron chi connectivity index (χ1n) is 11.8. The summed E-state index contributed by atoms with van der Waals surface area (Å²) in [6.45, 7) is 1.80. The van der Waals surface area contributed by atoms with E-state index in [-0.39, 0.29) is 17.9 Å². The number of rotatable bonds is 5. The van der Waals surface area contributed by atoms with Crippen LogP contribution in [0.4, 0.5) is 9.18 Å². The Morgan fingerprint density at radius 1 is 0.914 bits per heavy atom. The summed E-state index contributed by atoms with van der Waals surface area (Å²) < 4.78 is 16.8. The summed E-state index contributed by atoms with van der Waals surface area (Å²) in [6.07, 6.45) is 1.81. The van der Waals surface area contributed by atoms with Crippen LogP contribution >= 0.6 is 0 Å². The van der Waals surface area contributed by atoms with Gasteiger partial charge in [-0.1, -0.05) is 54.6 Å². The number of amides is 1. The Balaban J connectivity index is 1.35. The third-order valence-electron chi connectivity index (χ3n) is 7.17. The van der Waals surface area contributed by atoms with Crippen molar-refractivity contribution in [2.75, 3.05) is 13.1 Å². The Morgan fingerprint density at radius 3 is 2.31 bits per heavy atom. The Labute approximate surface area is 202 Å². The largest absolute Gasteiger partial charge is 0.465 e. The van der Waals surface area contributed by atoms with Gasteiger partial charge in [0.25, 0.3) is 0 Å². The molecule has 176 valence electrons. The number of benzene rings is 3. The molecular weight excluding hydrogens is 443 g/mol. The molecule has 3 aromatic carbocycles. The number of carbonyl (C=O) groups is 1. The molecule has 6 nitrogen and oxygen atoms in total. The average Bonchev–Trinajstić information content (AvgIpc) is 3.60. The molecule has 2 saturated heterocycles. The van der Waals surface area contributed by atoms with E-state index >= 15 is 0 Å². The molecule has 4 aromatic rings. The summed E-state index contributed by atoms with van der Waals surface area (Å²) >= 11 is 0. The highest BCUT2D eigenvalue weighted by Gasteiger charge is 2.45. The van der Waals surface area contributed by atoms with E-state index in [0.717, 1.165) is 34.5 Å². The Kier molecular flexibility index (Phi) is 5.34. The molecule has 2 unspecified atom stereocenters. The summed E-state index contributed by atoms with van der Waals surface area (Å²) in [7, 11) is 0. The third-order valence-corrected chi connectivity index (χ3v) is 7.17. The van der Waals surface area contributed by atoms with Gasteiger partial charge in [0.1, 0.15) is 5.82 Å². The third kappa shape index (κ3) is 3.88. The molecule has 2 aliphatic rings. The van der Waals surface area contributed by atoms with Crippen molar-refractivity contribution in [3.05, 3.63) is 96.4 Å². The molecule has 2 fully saturated rings. The first kappa shape index (κ1) is 21.6. The summed E-state index contributed by atoms with van der Waals surface area (Å²) in [5.41, 5.74) is 5.25. The molecule has 6 rings (SSSR count). The van der Waals surface area contributed by atoms with Gasteiger partial charge < -0.3 is 10.0 Å². The lowest BCUT2D eigenvalue weighted by Gasteiger charge is -2.32. The van der Waals surface area contributed by atoms with Crippen LogP contribution in [0.15, 0.2) is 85.1 Å². The molecular formula is C28H25FN4O2. The fraction of sp³-hybridized carbons (Fsp3) is 0.214. The van der Waals surface area contributed by atoms with Crippen molar-refractivity contribution in [2.45, 2.75) is 25.0 Å². The van der Waals surface area contributed by atoms with Crippen molar-refractivity contribution in [1.29, 1.82) is 0 Å². The van der Waals surface area contributed by atoms with Gasteiger partial charge in [-0.2, -0.15) is 5.10 Å². The average molecular weight is 469 g/mol. The van der Waals surface area contributed by atoms with E-state index in [1.807, 2.05) is 42.6 Å². The normalized spacial score (nSPS) is 19.4. The van der Waals surface area contributed by atoms with Gasteiger partial charge >= 0.3 is 6.09 Å². The molecule has 2 atom stereocenters. The van der Waals surface area contributed by atoms with E-state index in [1.54, 1.807) is 16.8 Å². The molecule has 1 N–H and O–H groups in total. The van der Waals surface area contributed by atoms with Crippen molar-refractivity contribution >= 4 is 6.09 Å². The number of halogens is 1. The second kappa shape index (κ2) is 8.67. The number of piperazine rings is 1. The number of hydrogen-bond acceptors (Lipinski definition) is 3. The Bertz CT molecular complexity index is 1370. The topological polar surface area (TPSA) is 61.6 Å². The highest BCUT2D eigenvalue weighted by Crippen LogP contribution is 2.35. The maximum absolute atomic E-state index is 15.0. The van der Waals surface area contributed by atoms with E-state index in [4.69, 9.17) is 0 Å². The lowest BCUT2D eigenvalue weighted by atomic mass is 10.0. The molecule has 7 heteroatoms. The summed E-state index contributed by atoms with van der Waals surface area (Å²) in [5.74, 6) is -0.295. The maximum atomic E-state index is 15.0. The van der Waals surface area contributed by atoms with Gasteiger partial charge in [0, 0.05) is 42.8 Å². The molecule has 3 heterocycles. The van der Waals surface area contributed by atoms with E-state index < -0.39 is 6.09 Å². The van der Waals surface area contributed by atoms with Gasteiger partial charge in [-0.25, -0.2) is 13.9 Å². The van der Waals surface area contributed by atoms with Gasteiger partial charge in [-0.15, -0.1) is 0 Å². The Hall–Kier alpha value is -3.97. The molecule has 0 spiro atoms. The smallest absolute Gasteiger partial charge is 0.407 e. The second-order valence-corrected chi connectivity index (χ2v) is 9.23. The van der Waals surface area contributed by atoms with Gasteiger partial charge in [0.15, 0.2) is 0 Å². The molecule has 35 heavy (non-hydrogen) atoms. The molecule has 2 aliphatic heterocycles. The SMILES string of the molecule is O=C(O)N1CC2CC1CN2Cc1cnn(-c2ccc(-c3ccccc3)cc2)c1-c1ccccc1F. The molecule has 0 aliphatic carbocycles. The molecule has 1 aromatic heterocycles. The van der Waals surface area contributed by atoms with Crippen LogP contribution in [-0.4, -0.2) is 56.0 Å². The summed E-state index contributed by atoms with van der Waals surface area (Å²) in [4.78, 5) is 15.3. The van der Waals surface area contributed by atoms with Gasteiger partial charge in [-0.05, 0) is 41.8 Å². The van der Waals surface area contributed by atoms with Crippen LogP contribution < -0.4 is 0 Å². The monoisotopic (exact) mass is 468 g/mol. The number of fused-ring (bicyclic) bond motifs is 2. The zero-order chi connectivity index (χ0) is 23.9. The maximum Gasteiger partial charge on any atom is 0.407 e. The minimum Gasteiger partial charge on any atom is -0.465 e. The van der Waals surface area contributed by atoms with Crippen molar-refractivity contribution in [2.24, 2.45) is 0 Å². The Morgan fingerprint density at radius 2 is 1.63 bits per heavy atom. The fourth-order valence-electron chi connectivity index (χ4n) is 5.46. The number of nitrogens with zero attached hydrogens (tertiary/aromatic N) is 4. The summed E-state index contributed by atoms with van der Waals surface area (Å²) in [6, 6.07) is 25.3. The van der Waals surface area contributed by atoms with E-state index in [2.05, 4.69) is 34.3 Å². The minimum atomic E-state index is -0.851. The van der Waals surface area contributed by atoms with Crippen molar-refractivity contribution in [1.82, 2.24) is 19.6 Å². The van der Waals surface area contributed by atoms with Crippen LogP contribution in [0, 0.1) is 5.82 Å². The van der Waals surface area contributed by atoms with Crippen molar-refractivity contribution in [3.63, 3.8) is 0 Å². The highest BCUT2D eigenvalue weighted by atomic mass is 19.1. The van der Waals surface area contributed by atoms with Crippen LogP contribution in [-0.2, 0) is 6.54 Å². The van der Waals surface area contributed by atoms with Gasteiger partial charge in [0.05, 0.1) is 17.6 Å². The number of hydrogen-bond donors (Lipinski definition) is 1. The van der Waals surface area contributed by atoms with Crippen LogP contribution in [0.5, 0.6) is 0 Å². The zero-order valence-corrected chi connectivity index (χ0v) is 19.1. The number of carboxylic acid groups (broad SMARTS) is 1. The highest BCUT2D eigenvalue weighted by molar-refractivity contribution is 5.69. The predicted molar refractivity (Wildman–Crippen MR) is 132 cm³/mol. The first-order valence-corrected chi connectivity index (χ1v) is 11.8. The van der Waals surface area contributed by atoms with Crippen LogP contribution in [0.3, 0.4) is 0 Å². The van der Waals surface area contributed by atoms with Crippen LogP contribution in [0.1, 0.15) is 12.0 Å². The predicted octanol–water partition coefficient (Wildman–Crippen LogP) is 5.28. The van der Waals surface area contributed by atoms with E-state index in [9.17, 15) is 14.3 Å². The molecule has 2 bridgehead atoms. The molecule has 1 amide bonds. The van der Waals surface area contributed by atoms with Gasteiger partial charge in [-0.3, -0.25) is 4.90 Å². The van der Waals surface area contributed by atoms with Crippen LogP contribution in [0.2, 0.25) is 0 Å². The molecule has 0 radical (unpaired) electrons. The lowest BCUT2D eigenvalue weighted by Crippen LogP contribution is -2.47. The minimum absolute atomic E-state index is 0.0231. The first-order chi connectivity index (χ1) is 17.1. The number of aromatic nitrogens is 2. The standard InChI is InChI=1S/C28H25FN4O2/c29-26-9-5-4-8-25(26)27-21(16-31-17-24-14-23(31)18-32(24)28(34)35)15-30-33(27)22-12-10-20(11-13-22)19-6-2-1-3-7-19/h1-13,15,23-24H,14,16-18H2,(H,34,35). The second-order valence-electron chi connectivity index (χ2n) is 9.23. The van der Waals surface area contributed by atoms with Crippen LogP contribution in [0.25, 0.3) is 28.1 Å². The summed E-state index contributed by atoms with van der Waals surface area (Å²) in [5, 5.41) is 14.1. The van der Waals surface area contributed by atoms with E-state index in [0.29, 0.717) is 25.2 Å². The van der Waals surface area contributed by atoms with Gasteiger partial charge in [0.2, 0.25) is 0 Å². The number of likely N-dealkylation sites (tertiary alicyclic amines) is 2. The quantitative estimate of drug-likeness (QED) is 0.433. The fourth-order valence-corrected chi connectivity index (χ4v) is 5.46. The lowest BCUT2D eigenvalue weighted by molar-refractivity contribution is 0.100. The van der Waals surface area contributed by atoms with Crippen molar-refractivity contribution < 1.29 is 14.3 Å². The van der Waals surface area contributed by atoms with E-state index in [1.165, 1.54) is 11.0 Å². The van der Waals surface area contributed by atoms with Crippen molar-refractivity contribution in [3.8, 4) is 28.1 Å². The zero-order valence-electron chi connectivity index (χ0n) is 19.1.